The summed E-state index contributed by atoms with van der Waals surface area (Å²) in [6.45, 7) is 4.94. The predicted octanol–water partition coefficient (Wildman–Crippen LogP) is 4.17. The van der Waals surface area contributed by atoms with Gasteiger partial charge >= 0.3 is 0 Å². The SMILES string of the molecule is Cc1cccc(OCCNC(=O)/C=C/c2ccccc2Cl)c1C. The second-order valence-electron chi connectivity index (χ2n) is 5.19. The summed E-state index contributed by atoms with van der Waals surface area (Å²) in [6.07, 6.45) is 3.17. The third-order valence-corrected chi connectivity index (χ3v) is 3.88. The maximum atomic E-state index is 11.8. The topological polar surface area (TPSA) is 38.3 Å². The number of hydrogen-bond acceptors (Lipinski definition) is 2. The molecule has 0 aliphatic rings. The van der Waals surface area contributed by atoms with Crippen LogP contribution in [0.15, 0.2) is 48.5 Å². The third-order valence-electron chi connectivity index (χ3n) is 3.53. The van der Waals surface area contributed by atoms with E-state index < -0.39 is 0 Å². The Bertz CT molecular complexity index is 710. The van der Waals surface area contributed by atoms with Gasteiger partial charge < -0.3 is 10.1 Å². The lowest BCUT2D eigenvalue weighted by Crippen LogP contribution is -2.26. The normalized spacial score (nSPS) is 10.7. The van der Waals surface area contributed by atoms with E-state index in [2.05, 4.69) is 5.32 Å². The van der Waals surface area contributed by atoms with Gasteiger partial charge in [0, 0.05) is 11.1 Å². The number of carbonyl (C=O) groups is 1. The van der Waals surface area contributed by atoms with Crippen LogP contribution in [0, 0.1) is 13.8 Å². The van der Waals surface area contributed by atoms with Gasteiger partial charge in [-0.3, -0.25) is 4.79 Å². The van der Waals surface area contributed by atoms with E-state index in [0.717, 1.165) is 16.9 Å². The van der Waals surface area contributed by atoms with Gasteiger partial charge in [0.05, 0.1) is 6.54 Å². The van der Waals surface area contributed by atoms with Crippen LogP contribution in [0.4, 0.5) is 0 Å². The number of benzene rings is 2. The summed E-state index contributed by atoms with van der Waals surface area (Å²) in [4.78, 5) is 11.8. The van der Waals surface area contributed by atoms with E-state index in [0.29, 0.717) is 18.2 Å². The largest absolute Gasteiger partial charge is 0.491 e. The molecule has 4 heteroatoms. The first-order chi connectivity index (χ1) is 11.1. The lowest BCUT2D eigenvalue weighted by molar-refractivity contribution is -0.116. The van der Waals surface area contributed by atoms with Gasteiger partial charge in [0.25, 0.3) is 0 Å². The summed E-state index contributed by atoms with van der Waals surface area (Å²) in [7, 11) is 0. The van der Waals surface area contributed by atoms with Crippen LogP contribution in [-0.4, -0.2) is 19.1 Å². The second-order valence-corrected chi connectivity index (χ2v) is 5.60. The lowest BCUT2D eigenvalue weighted by Gasteiger charge is -2.10. The summed E-state index contributed by atoms with van der Waals surface area (Å²) in [5.74, 6) is 0.681. The van der Waals surface area contributed by atoms with E-state index in [4.69, 9.17) is 16.3 Å². The fourth-order valence-electron chi connectivity index (χ4n) is 2.05. The second kappa shape index (κ2) is 8.39. The number of hydrogen-bond donors (Lipinski definition) is 1. The zero-order chi connectivity index (χ0) is 16.7. The highest BCUT2D eigenvalue weighted by Crippen LogP contribution is 2.20. The summed E-state index contributed by atoms with van der Waals surface area (Å²) < 4.78 is 5.69. The molecule has 0 saturated carbocycles. The van der Waals surface area contributed by atoms with E-state index in [1.807, 2.05) is 50.2 Å². The first-order valence-electron chi connectivity index (χ1n) is 7.47. The van der Waals surface area contributed by atoms with Crippen LogP contribution in [0.2, 0.25) is 5.02 Å². The Kier molecular flexibility index (Phi) is 6.24. The molecule has 0 atom stereocenters. The number of amides is 1. The number of halogens is 1. The molecular weight excluding hydrogens is 310 g/mol. The molecule has 0 heterocycles. The summed E-state index contributed by atoms with van der Waals surface area (Å²) >= 11 is 6.03. The maximum absolute atomic E-state index is 11.8. The lowest BCUT2D eigenvalue weighted by atomic mass is 10.1. The minimum atomic E-state index is -0.172. The first-order valence-corrected chi connectivity index (χ1v) is 7.85. The van der Waals surface area contributed by atoms with Crippen molar-refractivity contribution in [3.63, 3.8) is 0 Å². The fraction of sp³-hybridized carbons (Fsp3) is 0.211. The highest BCUT2D eigenvalue weighted by Gasteiger charge is 2.02. The van der Waals surface area contributed by atoms with Crippen LogP contribution in [-0.2, 0) is 4.79 Å². The number of aryl methyl sites for hydroxylation is 1. The quantitative estimate of drug-likeness (QED) is 0.638. The monoisotopic (exact) mass is 329 g/mol. The average Bonchev–Trinajstić information content (AvgIpc) is 2.54. The van der Waals surface area contributed by atoms with Gasteiger partial charge in [-0.2, -0.15) is 0 Å². The summed E-state index contributed by atoms with van der Waals surface area (Å²) in [5, 5.41) is 3.40. The minimum absolute atomic E-state index is 0.172. The average molecular weight is 330 g/mol. The number of nitrogens with one attached hydrogen (secondary N) is 1. The Morgan fingerprint density at radius 1 is 1.17 bits per heavy atom. The Labute approximate surface area is 141 Å². The summed E-state index contributed by atoms with van der Waals surface area (Å²) in [5.41, 5.74) is 3.13. The molecule has 0 bridgehead atoms. The molecule has 0 aliphatic carbocycles. The Morgan fingerprint density at radius 3 is 2.74 bits per heavy atom. The van der Waals surface area contributed by atoms with Crippen molar-refractivity contribution in [3.8, 4) is 5.75 Å². The molecule has 2 rings (SSSR count). The molecule has 2 aromatic carbocycles. The molecule has 0 unspecified atom stereocenters. The maximum Gasteiger partial charge on any atom is 0.244 e. The van der Waals surface area contributed by atoms with Gasteiger partial charge in [0.1, 0.15) is 12.4 Å². The molecule has 0 saturated heterocycles. The van der Waals surface area contributed by atoms with Gasteiger partial charge in [-0.05, 0) is 48.7 Å². The molecule has 0 aromatic heterocycles. The van der Waals surface area contributed by atoms with Gasteiger partial charge in [0.15, 0.2) is 0 Å². The third kappa shape index (κ3) is 5.15. The molecule has 1 amide bonds. The molecular formula is C19H20ClNO2. The van der Waals surface area contributed by atoms with Gasteiger partial charge in [-0.1, -0.05) is 41.9 Å². The predicted molar refractivity (Wildman–Crippen MR) is 94.9 cm³/mol. The zero-order valence-electron chi connectivity index (χ0n) is 13.3. The summed E-state index contributed by atoms with van der Waals surface area (Å²) in [6, 6.07) is 13.3. The van der Waals surface area contributed by atoms with Crippen LogP contribution in [0.5, 0.6) is 5.75 Å². The van der Waals surface area contributed by atoms with Crippen LogP contribution >= 0.6 is 11.6 Å². The van der Waals surface area contributed by atoms with Crippen molar-refractivity contribution in [1.82, 2.24) is 5.32 Å². The number of carbonyl (C=O) groups excluding carboxylic acids is 1. The zero-order valence-corrected chi connectivity index (χ0v) is 14.1. The number of ether oxygens (including phenoxy) is 1. The molecule has 3 nitrogen and oxygen atoms in total. The van der Waals surface area contributed by atoms with E-state index in [1.165, 1.54) is 11.6 Å². The highest BCUT2D eigenvalue weighted by atomic mass is 35.5. The Hall–Kier alpha value is -2.26. The molecule has 23 heavy (non-hydrogen) atoms. The van der Waals surface area contributed by atoms with Crippen molar-refractivity contribution in [2.75, 3.05) is 13.2 Å². The van der Waals surface area contributed by atoms with Crippen LogP contribution in [0.1, 0.15) is 16.7 Å². The van der Waals surface area contributed by atoms with Crippen LogP contribution in [0.25, 0.3) is 6.08 Å². The first kappa shape index (κ1) is 17.1. The molecule has 0 aliphatic heterocycles. The standard InChI is InChI=1S/C19H20ClNO2/c1-14-6-5-9-18(15(14)2)23-13-12-21-19(22)11-10-16-7-3-4-8-17(16)20/h3-11H,12-13H2,1-2H3,(H,21,22)/b11-10+. The van der Waals surface area contributed by atoms with Crippen LogP contribution in [0.3, 0.4) is 0 Å². The van der Waals surface area contributed by atoms with E-state index in [1.54, 1.807) is 12.1 Å². The van der Waals surface area contributed by atoms with E-state index in [9.17, 15) is 4.79 Å². The van der Waals surface area contributed by atoms with Crippen molar-refractivity contribution in [1.29, 1.82) is 0 Å². The van der Waals surface area contributed by atoms with Gasteiger partial charge in [0.2, 0.25) is 5.91 Å². The molecule has 0 radical (unpaired) electrons. The van der Waals surface area contributed by atoms with E-state index >= 15 is 0 Å². The molecule has 0 fully saturated rings. The van der Waals surface area contributed by atoms with Crippen LogP contribution < -0.4 is 10.1 Å². The molecule has 2 aromatic rings. The molecule has 0 spiro atoms. The Morgan fingerprint density at radius 2 is 1.96 bits per heavy atom. The smallest absolute Gasteiger partial charge is 0.244 e. The van der Waals surface area contributed by atoms with Crippen molar-refractivity contribution >= 4 is 23.6 Å². The molecule has 120 valence electrons. The fourth-order valence-corrected chi connectivity index (χ4v) is 2.25. The van der Waals surface area contributed by atoms with Gasteiger partial charge in [-0.15, -0.1) is 0 Å². The molecule has 1 N–H and O–H groups in total. The van der Waals surface area contributed by atoms with Crippen molar-refractivity contribution < 1.29 is 9.53 Å². The number of rotatable bonds is 6. The van der Waals surface area contributed by atoms with Crippen molar-refractivity contribution in [3.05, 3.63) is 70.3 Å². The van der Waals surface area contributed by atoms with Crippen molar-refractivity contribution in [2.24, 2.45) is 0 Å². The Balaban J connectivity index is 1.77. The minimum Gasteiger partial charge on any atom is -0.491 e. The van der Waals surface area contributed by atoms with Gasteiger partial charge in [-0.25, -0.2) is 0 Å². The van der Waals surface area contributed by atoms with Crippen molar-refractivity contribution in [2.45, 2.75) is 13.8 Å². The highest BCUT2D eigenvalue weighted by molar-refractivity contribution is 6.32. The van der Waals surface area contributed by atoms with E-state index in [-0.39, 0.29) is 5.91 Å².